The smallest absolute Gasteiger partial charge is 0.283 e. The number of amides is 1. The minimum absolute atomic E-state index is 0.0288. The fourth-order valence-electron chi connectivity index (χ4n) is 2.75. The van der Waals surface area contributed by atoms with Crippen LogP contribution in [0.15, 0.2) is 47.6 Å². The first-order chi connectivity index (χ1) is 12.5. The van der Waals surface area contributed by atoms with Gasteiger partial charge in [-0.2, -0.15) is 0 Å². The fourth-order valence-corrected chi connectivity index (χ4v) is 3.69. The Kier molecular flexibility index (Phi) is 5.85. The van der Waals surface area contributed by atoms with Gasteiger partial charge in [-0.15, -0.1) is 11.8 Å². The number of piperazine rings is 1. The summed E-state index contributed by atoms with van der Waals surface area (Å²) in [5.74, 6) is 0.436. The molecular formula is C18H20N4O3S. The summed E-state index contributed by atoms with van der Waals surface area (Å²) in [6, 6.07) is 8.51. The number of nitro benzene ring substituents is 1. The van der Waals surface area contributed by atoms with Gasteiger partial charge in [0.1, 0.15) is 0 Å². The zero-order valence-corrected chi connectivity index (χ0v) is 15.3. The second kappa shape index (κ2) is 8.29. The van der Waals surface area contributed by atoms with E-state index in [0.717, 1.165) is 18.7 Å². The highest BCUT2D eigenvalue weighted by atomic mass is 32.2. The molecule has 8 heteroatoms. The van der Waals surface area contributed by atoms with Gasteiger partial charge in [-0.1, -0.05) is 6.07 Å². The SMILES string of the molecule is CN1CCN(C(=O)c2ccc(SCc3cccnc3)c([N+](=O)[O-])c2)CC1. The normalized spacial score (nSPS) is 15.0. The molecule has 26 heavy (non-hydrogen) atoms. The monoisotopic (exact) mass is 372 g/mol. The van der Waals surface area contributed by atoms with Crippen LogP contribution in [0.2, 0.25) is 0 Å². The van der Waals surface area contributed by atoms with Crippen LogP contribution in [0.3, 0.4) is 0 Å². The maximum atomic E-state index is 12.6. The number of nitro groups is 1. The number of likely N-dealkylation sites (N-methyl/N-ethyl adjacent to an activating group) is 1. The van der Waals surface area contributed by atoms with Gasteiger partial charge in [0.25, 0.3) is 11.6 Å². The molecule has 0 spiro atoms. The maximum absolute atomic E-state index is 12.6. The molecule has 7 nitrogen and oxygen atoms in total. The molecule has 0 bridgehead atoms. The third-order valence-corrected chi connectivity index (χ3v) is 5.44. The van der Waals surface area contributed by atoms with E-state index >= 15 is 0 Å². The number of pyridine rings is 1. The molecule has 1 fully saturated rings. The predicted molar refractivity (Wildman–Crippen MR) is 100 cm³/mol. The summed E-state index contributed by atoms with van der Waals surface area (Å²) in [5.41, 5.74) is 1.33. The zero-order valence-electron chi connectivity index (χ0n) is 14.5. The Bertz CT molecular complexity index is 792. The average Bonchev–Trinajstić information content (AvgIpc) is 2.67. The standard InChI is InChI=1S/C18H20N4O3S/c1-20-7-9-21(10-8-20)18(23)15-4-5-17(16(11-15)22(24)25)26-13-14-3-2-6-19-12-14/h2-6,11-12H,7-10,13H2,1H3. The van der Waals surface area contributed by atoms with Crippen molar-refractivity contribution in [1.82, 2.24) is 14.8 Å². The van der Waals surface area contributed by atoms with Crippen LogP contribution in [0.1, 0.15) is 15.9 Å². The molecular weight excluding hydrogens is 352 g/mol. The van der Waals surface area contributed by atoms with Gasteiger partial charge in [0.15, 0.2) is 0 Å². The summed E-state index contributed by atoms with van der Waals surface area (Å²) >= 11 is 1.37. The molecule has 0 aliphatic carbocycles. The molecule has 1 aromatic carbocycles. The van der Waals surface area contributed by atoms with E-state index in [1.54, 1.807) is 29.4 Å². The molecule has 0 N–H and O–H groups in total. The number of benzene rings is 1. The summed E-state index contributed by atoms with van der Waals surface area (Å²) in [6.45, 7) is 2.90. The van der Waals surface area contributed by atoms with E-state index in [9.17, 15) is 14.9 Å². The van der Waals surface area contributed by atoms with E-state index in [4.69, 9.17) is 0 Å². The number of aromatic nitrogens is 1. The zero-order chi connectivity index (χ0) is 18.5. The van der Waals surface area contributed by atoms with Gasteiger partial charge in [0.2, 0.25) is 0 Å². The third-order valence-electron chi connectivity index (χ3n) is 4.31. The molecule has 0 atom stereocenters. The number of hydrogen-bond acceptors (Lipinski definition) is 6. The minimum atomic E-state index is -0.424. The molecule has 1 aromatic heterocycles. The molecule has 1 aliphatic heterocycles. The number of rotatable bonds is 5. The Hall–Kier alpha value is -2.45. The van der Waals surface area contributed by atoms with Crippen LogP contribution in [0.4, 0.5) is 5.69 Å². The van der Waals surface area contributed by atoms with Gasteiger partial charge in [-0.05, 0) is 30.8 Å². The largest absolute Gasteiger partial charge is 0.336 e. The lowest BCUT2D eigenvalue weighted by molar-refractivity contribution is -0.387. The van der Waals surface area contributed by atoms with Gasteiger partial charge in [-0.3, -0.25) is 19.9 Å². The number of nitrogens with zero attached hydrogens (tertiary/aromatic N) is 4. The van der Waals surface area contributed by atoms with E-state index < -0.39 is 4.92 Å². The first-order valence-electron chi connectivity index (χ1n) is 8.32. The lowest BCUT2D eigenvalue weighted by atomic mass is 10.1. The van der Waals surface area contributed by atoms with Gasteiger partial charge in [0.05, 0.1) is 9.82 Å². The molecule has 136 valence electrons. The molecule has 3 rings (SSSR count). The summed E-state index contributed by atoms with van der Waals surface area (Å²) < 4.78 is 0. The molecule has 0 radical (unpaired) electrons. The first kappa shape index (κ1) is 18.3. The molecule has 1 aliphatic rings. The predicted octanol–water partition coefficient (Wildman–Crippen LogP) is 2.67. The summed E-state index contributed by atoms with van der Waals surface area (Å²) in [4.78, 5) is 32.2. The van der Waals surface area contributed by atoms with Crippen molar-refractivity contribution < 1.29 is 9.72 Å². The van der Waals surface area contributed by atoms with Crippen molar-refractivity contribution in [2.75, 3.05) is 33.2 Å². The van der Waals surface area contributed by atoms with Crippen molar-refractivity contribution >= 4 is 23.4 Å². The highest BCUT2D eigenvalue weighted by Crippen LogP contribution is 2.32. The highest BCUT2D eigenvalue weighted by molar-refractivity contribution is 7.98. The van der Waals surface area contributed by atoms with Crippen LogP contribution in [-0.4, -0.2) is 58.8 Å². The van der Waals surface area contributed by atoms with Gasteiger partial charge < -0.3 is 9.80 Å². The van der Waals surface area contributed by atoms with Crippen LogP contribution >= 0.6 is 11.8 Å². The van der Waals surface area contributed by atoms with E-state index in [1.165, 1.54) is 17.8 Å². The van der Waals surface area contributed by atoms with Crippen molar-refractivity contribution in [2.24, 2.45) is 0 Å². The lowest BCUT2D eigenvalue weighted by Gasteiger charge is -2.32. The Morgan fingerprint density at radius 3 is 2.69 bits per heavy atom. The van der Waals surface area contributed by atoms with Crippen molar-refractivity contribution in [3.05, 3.63) is 64.0 Å². The van der Waals surface area contributed by atoms with E-state index in [2.05, 4.69) is 9.88 Å². The van der Waals surface area contributed by atoms with Crippen molar-refractivity contribution in [1.29, 1.82) is 0 Å². The van der Waals surface area contributed by atoms with Gasteiger partial charge in [-0.25, -0.2) is 0 Å². The Morgan fingerprint density at radius 1 is 1.27 bits per heavy atom. The minimum Gasteiger partial charge on any atom is -0.336 e. The number of carbonyl (C=O) groups excluding carboxylic acids is 1. The van der Waals surface area contributed by atoms with Crippen molar-refractivity contribution in [3.63, 3.8) is 0 Å². The van der Waals surface area contributed by atoms with E-state index in [0.29, 0.717) is 29.3 Å². The molecule has 0 saturated carbocycles. The van der Waals surface area contributed by atoms with Crippen LogP contribution in [0, 0.1) is 10.1 Å². The molecule has 1 amide bonds. The lowest BCUT2D eigenvalue weighted by Crippen LogP contribution is -2.47. The molecule has 2 aromatic rings. The summed E-state index contributed by atoms with van der Waals surface area (Å²) in [5, 5.41) is 11.5. The van der Waals surface area contributed by atoms with Crippen LogP contribution in [0.25, 0.3) is 0 Å². The average molecular weight is 372 g/mol. The number of carbonyl (C=O) groups is 1. The van der Waals surface area contributed by atoms with Crippen molar-refractivity contribution in [3.8, 4) is 0 Å². The molecule has 2 heterocycles. The Balaban J connectivity index is 1.76. The van der Waals surface area contributed by atoms with Crippen molar-refractivity contribution in [2.45, 2.75) is 10.6 Å². The number of hydrogen-bond donors (Lipinski definition) is 0. The highest BCUT2D eigenvalue weighted by Gasteiger charge is 2.23. The topological polar surface area (TPSA) is 79.6 Å². The van der Waals surface area contributed by atoms with E-state index in [1.807, 2.05) is 19.2 Å². The molecule has 1 saturated heterocycles. The van der Waals surface area contributed by atoms with Crippen LogP contribution < -0.4 is 0 Å². The summed E-state index contributed by atoms with van der Waals surface area (Å²) in [7, 11) is 2.01. The van der Waals surface area contributed by atoms with Gasteiger partial charge in [0, 0.05) is 56.0 Å². The fraction of sp³-hybridized carbons (Fsp3) is 0.333. The maximum Gasteiger partial charge on any atom is 0.283 e. The second-order valence-electron chi connectivity index (χ2n) is 6.19. The third kappa shape index (κ3) is 4.39. The Labute approximate surface area is 156 Å². The second-order valence-corrected chi connectivity index (χ2v) is 7.20. The number of thioether (sulfide) groups is 1. The quantitative estimate of drug-likeness (QED) is 0.456. The summed E-state index contributed by atoms with van der Waals surface area (Å²) in [6.07, 6.45) is 3.43. The van der Waals surface area contributed by atoms with Crippen LogP contribution in [-0.2, 0) is 5.75 Å². The van der Waals surface area contributed by atoms with Gasteiger partial charge >= 0.3 is 0 Å². The first-order valence-corrected chi connectivity index (χ1v) is 9.31. The van der Waals surface area contributed by atoms with E-state index in [-0.39, 0.29) is 11.6 Å². The molecule has 0 unspecified atom stereocenters. The Morgan fingerprint density at radius 2 is 2.04 bits per heavy atom. The van der Waals surface area contributed by atoms with Crippen LogP contribution in [0.5, 0.6) is 0 Å².